The Bertz CT molecular complexity index is 380. The summed E-state index contributed by atoms with van der Waals surface area (Å²) in [4.78, 5) is 0.722. The van der Waals surface area contributed by atoms with Crippen molar-refractivity contribution in [1.29, 1.82) is 0 Å². The van der Waals surface area contributed by atoms with Gasteiger partial charge in [0.05, 0.1) is 4.91 Å². The average molecular weight is 231 g/mol. The van der Waals surface area contributed by atoms with E-state index in [0.29, 0.717) is 17.8 Å². The highest BCUT2D eigenvalue weighted by atomic mass is 32.2. The lowest BCUT2D eigenvalue weighted by atomic mass is 10.2. The summed E-state index contributed by atoms with van der Waals surface area (Å²) in [5.74, 6) is 0. The molecule has 0 atom stereocenters. The molecule has 5 heteroatoms. The Morgan fingerprint density at radius 1 is 1.57 bits per heavy atom. The second-order valence-corrected chi connectivity index (χ2v) is 5.21. The van der Waals surface area contributed by atoms with Crippen molar-refractivity contribution in [2.75, 3.05) is 6.54 Å². The highest BCUT2D eigenvalue weighted by molar-refractivity contribution is 7.96. The third-order valence-corrected chi connectivity index (χ3v) is 3.85. The quantitative estimate of drug-likeness (QED) is 0.746. The van der Waals surface area contributed by atoms with Crippen LogP contribution in [0.2, 0.25) is 0 Å². The third kappa shape index (κ3) is 2.73. The molecule has 0 fully saturated rings. The van der Waals surface area contributed by atoms with Gasteiger partial charge in [-0.25, -0.2) is 13.1 Å². The van der Waals surface area contributed by atoms with Gasteiger partial charge in [0.15, 0.2) is 0 Å². The van der Waals surface area contributed by atoms with Gasteiger partial charge in [-0.05, 0) is 12.5 Å². The molecule has 0 unspecified atom stereocenters. The second-order valence-electron chi connectivity index (χ2n) is 2.98. The van der Waals surface area contributed by atoms with Crippen LogP contribution in [0.5, 0.6) is 0 Å². The first-order chi connectivity index (χ1) is 6.58. The highest BCUT2D eigenvalue weighted by Gasteiger charge is 2.20. The van der Waals surface area contributed by atoms with Crippen LogP contribution >= 0.6 is 12.2 Å². The van der Waals surface area contributed by atoms with Crippen LogP contribution in [0.4, 0.5) is 0 Å². The SMILES string of the molecule is CCCNS(=O)(=O)C1=CC=CCC1=S. The topological polar surface area (TPSA) is 46.2 Å². The fourth-order valence-corrected chi connectivity index (χ4v) is 2.84. The molecule has 14 heavy (non-hydrogen) atoms. The first-order valence-electron chi connectivity index (χ1n) is 4.47. The van der Waals surface area contributed by atoms with Gasteiger partial charge in [0.2, 0.25) is 10.0 Å². The fraction of sp³-hybridized carbons (Fsp3) is 0.444. The van der Waals surface area contributed by atoms with Crippen molar-refractivity contribution in [2.24, 2.45) is 0 Å². The molecular weight excluding hydrogens is 218 g/mol. The van der Waals surface area contributed by atoms with E-state index >= 15 is 0 Å². The summed E-state index contributed by atoms with van der Waals surface area (Å²) in [7, 11) is -3.38. The van der Waals surface area contributed by atoms with E-state index in [1.165, 1.54) is 0 Å². The van der Waals surface area contributed by atoms with Crippen LogP contribution in [0.1, 0.15) is 19.8 Å². The molecule has 0 aromatic rings. The molecule has 0 bridgehead atoms. The van der Waals surface area contributed by atoms with Gasteiger partial charge in [-0.1, -0.05) is 31.3 Å². The first kappa shape index (κ1) is 11.6. The molecule has 0 aliphatic heterocycles. The van der Waals surface area contributed by atoms with E-state index in [9.17, 15) is 8.42 Å². The molecule has 0 aromatic heterocycles. The maximum atomic E-state index is 11.7. The largest absolute Gasteiger partial charge is 0.241 e. The normalized spacial score (nSPS) is 16.9. The van der Waals surface area contributed by atoms with Crippen LogP contribution in [0.15, 0.2) is 23.1 Å². The van der Waals surface area contributed by atoms with E-state index in [2.05, 4.69) is 4.72 Å². The van der Waals surface area contributed by atoms with E-state index in [0.717, 1.165) is 6.42 Å². The Labute approximate surface area is 89.9 Å². The molecule has 1 aliphatic carbocycles. The van der Waals surface area contributed by atoms with E-state index in [4.69, 9.17) is 12.2 Å². The monoisotopic (exact) mass is 231 g/mol. The number of allylic oxidation sites excluding steroid dienone is 4. The number of hydrogen-bond donors (Lipinski definition) is 1. The van der Waals surface area contributed by atoms with Crippen molar-refractivity contribution in [3.05, 3.63) is 23.1 Å². The van der Waals surface area contributed by atoms with E-state index in [1.54, 1.807) is 12.2 Å². The van der Waals surface area contributed by atoms with Gasteiger partial charge in [0, 0.05) is 17.8 Å². The molecule has 78 valence electrons. The van der Waals surface area contributed by atoms with Crippen LogP contribution in [-0.2, 0) is 10.0 Å². The van der Waals surface area contributed by atoms with Gasteiger partial charge >= 0.3 is 0 Å². The van der Waals surface area contributed by atoms with Gasteiger partial charge < -0.3 is 0 Å². The van der Waals surface area contributed by atoms with Crippen molar-refractivity contribution in [3.63, 3.8) is 0 Å². The molecule has 0 heterocycles. The molecule has 0 radical (unpaired) electrons. The summed E-state index contributed by atoms with van der Waals surface area (Å²) < 4.78 is 25.8. The van der Waals surface area contributed by atoms with Crippen LogP contribution < -0.4 is 4.72 Å². The molecule has 0 amide bonds. The maximum absolute atomic E-state index is 11.7. The van der Waals surface area contributed by atoms with Gasteiger partial charge in [-0.15, -0.1) is 0 Å². The third-order valence-electron chi connectivity index (χ3n) is 1.79. The predicted molar refractivity (Wildman–Crippen MR) is 61.7 cm³/mol. The van der Waals surface area contributed by atoms with Crippen LogP contribution in [0, 0.1) is 0 Å². The van der Waals surface area contributed by atoms with Gasteiger partial charge in [0.1, 0.15) is 0 Å². The summed E-state index contributed by atoms with van der Waals surface area (Å²) in [5, 5.41) is 0. The molecule has 1 aliphatic rings. The zero-order valence-electron chi connectivity index (χ0n) is 7.99. The number of thiocarbonyl (C=S) groups is 1. The highest BCUT2D eigenvalue weighted by Crippen LogP contribution is 2.15. The zero-order chi connectivity index (χ0) is 10.6. The molecule has 0 aromatic carbocycles. The molecule has 0 saturated heterocycles. The van der Waals surface area contributed by atoms with Gasteiger partial charge in [-0.3, -0.25) is 0 Å². The molecule has 0 spiro atoms. The van der Waals surface area contributed by atoms with Crippen molar-refractivity contribution >= 4 is 27.1 Å². The van der Waals surface area contributed by atoms with E-state index < -0.39 is 10.0 Å². The van der Waals surface area contributed by atoms with Crippen molar-refractivity contribution in [3.8, 4) is 0 Å². The standard InChI is InChI=1S/C9H13NO2S2/c1-2-7-10-14(11,12)9-6-4-3-5-8(9)13/h3-4,6,10H,2,5,7H2,1H3. The Balaban J connectivity index is 2.86. The summed E-state index contributed by atoms with van der Waals surface area (Å²) >= 11 is 4.99. The van der Waals surface area contributed by atoms with E-state index in [-0.39, 0.29) is 4.91 Å². The fourth-order valence-electron chi connectivity index (χ4n) is 1.08. The van der Waals surface area contributed by atoms with Gasteiger partial charge in [-0.2, -0.15) is 0 Å². The minimum absolute atomic E-state index is 0.239. The van der Waals surface area contributed by atoms with Gasteiger partial charge in [0.25, 0.3) is 0 Å². The molecule has 1 N–H and O–H groups in total. The average Bonchev–Trinajstić information content (AvgIpc) is 2.15. The predicted octanol–water partition coefficient (Wildman–Crippen LogP) is 1.53. The lowest BCUT2D eigenvalue weighted by Gasteiger charge is -2.11. The minimum Gasteiger partial charge on any atom is -0.211 e. The molecule has 3 nitrogen and oxygen atoms in total. The maximum Gasteiger partial charge on any atom is 0.241 e. The molecular formula is C9H13NO2S2. The van der Waals surface area contributed by atoms with Crippen molar-refractivity contribution < 1.29 is 8.42 Å². The smallest absolute Gasteiger partial charge is 0.211 e. The van der Waals surface area contributed by atoms with Crippen LogP contribution in [-0.4, -0.2) is 19.8 Å². The summed E-state index contributed by atoms with van der Waals surface area (Å²) in [6.45, 7) is 2.36. The Hall–Kier alpha value is -0.520. The number of sulfonamides is 1. The molecule has 0 saturated carbocycles. The molecule has 1 rings (SSSR count). The van der Waals surface area contributed by atoms with Crippen molar-refractivity contribution in [2.45, 2.75) is 19.8 Å². The van der Waals surface area contributed by atoms with Crippen LogP contribution in [0.25, 0.3) is 0 Å². The lowest BCUT2D eigenvalue weighted by molar-refractivity contribution is 0.588. The Morgan fingerprint density at radius 3 is 2.86 bits per heavy atom. The van der Waals surface area contributed by atoms with E-state index in [1.807, 2.05) is 13.0 Å². The lowest BCUT2D eigenvalue weighted by Crippen LogP contribution is -2.28. The second kappa shape index (κ2) is 4.82. The summed E-state index contributed by atoms with van der Waals surface area (Å²) in [6.07, 6.45) is 6.42. The van der Waals surface area contributed by atoms with Crippen molar-refractivity contribution in [1.82, 2.24) is 4.72 Å². The number of nitrogens with one attached hydrogen (secondary N) is 1. The Morgan fingerprint density at radius 2 is 2.29 bits per heavy atom. The zero-order valence-corrected chi connectivity index (χ0v) is 9.62. The van der Waals surface area contributed by atoms with Crippen LogP contribution in [0.3, 0.4) is 0 Å². The summed E-state index contributed by atoms with van der Waals surface area (Å²) in [6, 6.07) is 0. The summed E-state index contributed by atoms with van der Waals surface area (Å²) in [5.41, 5.74) is 0. The number of rotatable bonds is 4. The Kier molecular flexibility index (Phi) is 3.97. The number of hydrogen-bond acceptors (Lipinski definition) is 3. The first-order valence-corrected chi connectivity index (χ1v) is 6.36. The minimum atomic E-state index is -3.38.